The van der Waals surface area contributed by atoms with Crippen molar-refractivity contribution in [3.63, 3.8) is 0 Å². The van der Waals surface area contributed by atoms with Crippen LogP contribution in [0.2, 0.25) is 0 Å². The Morgan fingerprint density at radius 1 is 1.42 bits per heavy atom. The Morgan fingerprint density at radius 2 is 2.21 bits per heavy atom. The molecule has 1 aromatic rings. The van der Waals surface area contributed by atoms with E-state index in [-0.39, 0.29) is 10.9 Å². The van der Waals surface area contributed by atoms with Gasteiger partial charge in [0.25, 0.3) is 5.69 Å². The number of nitro benzene ring substituents is 1. The molecule has 1 heterocycles. The Morgan fingerprint density at radius 3 is 2.84 bits per heavy atom. The van der Waals surface area contributed by atoms with Crippen LogP contribution < -0.4 is 5.32 Å². The van der Waals surface area contributed by atoms with Gasteiger partial charge >= 0.3 is 0 Å². The normalized spacial score (nSPS) is 19.2. The molecule has 1 aliphatic rings. The van der Waals surface area contributed by atoms with Gasteiger partial charge in [-0.25, -0.2) is 8.78 Å². The summed E-state index contributed by atoms with van der Waals surface area (Å²) in [7, 11) is 0. The number of nitrogens with zero attached hydrogens (tertiary/aromatic N) is 1. The summed E-state index contributed by atoms with van der Waals surface area (Å²) < 4.78 is 26.8. The molecule has 1 aliphatic heterocycles. The fourth-order valence-electron chi connectivity index (χ4n) is 1.73. The van der Waals surface area contributed by atoms with Crippen LogP contribution in [0.4, 0.5) is 20.2 Å². The standard InChI is InChI=1S/C11H12F2N2O2S2/c12-8-1-2-9(15(16)17)11(10(8)13)14-5-7-6-18-3-4-19-7/h1-2,7,14H,3-6H2. The first-order valence-electron chi connectivity index (χ1n) is 5.65. The van der Waals surface area contributed by atoms with Gasteiger partial charge in [0.2, 0.25) is 0 Å². The number of rotatable bonds is 4. The molecule has 4 nitrogen and oxygen atoms in total. The summed E-state index contributed by atoms with van der Waals surface area (Å²) in [5, 5.41) is 13.7. The third-order valence-electron chi connectivity index (χ3n) is 2.66. The Bertz CT molecular complexity index is 482. The molecule has 0 amide bonds. The first-order chi connectivity index (χ1) is 9.09. The Labute approximate surface area is 117 Å². The second-order valence-electron chi connectivity index (χ2n) is 3.96. The van der Waals surface area contributed by atoms with E-state index in [2.05, 4.69) is 5.32 Å². The highest BCUT2D eigenvalue weighted by atomic mass is 32.2. The van der Waals surface area contributed by atoms with Gasteiger partial charge in [0.15, 0.2) is 17.3 Å². The Kier molecular flexibility index (Phi) is 4.87. The number of thioether (sulfide) groups is 2. The number of hydrogen-bond donors (Lipinski definition) is 1. The van der Waals surface area contributed by atoms with E-state index in [1.165, 1.54) is 0 Å². The predicted molar refractivity (Wildman–Crippen MR) is 75.1 cm³/mol. The van der Waals surface area contributed by atoms with Gasteiger partial charge in [-0.2, -0.15) is 23.5 Å². The second-order valence-corrected chi connectivity index (χ2v) is 6.52. The van der Waals surface area contributed by atoms with Crippen molar-refractivity contribution >= 4 is 34.9 Å². The van der Waals surface area contributed by atoms with Crippen molar-refractivity contribution in [1.82, 2.24) is 0 Å². The van der Waals surface area contributed by atoms with Gasteiger partial charge in [0.1, 0.15) is 0 Å². The zero-order chi connectivity index (χ0) is 13.8. The van der Waals surface area contributed by atoms with Crippen LogP contribution >= 0.6 is 23.5 Å². The highest BCUT2D eigenvalue weighted by molar-refractivity contribution is 8.06. The van der Waals surface area contributed by atoms with Crippen LogP contribution in [-0.2, 0) is 0 Å². The van der Waals surface area contributed by atoms with Gasteiger partial charge in [0.05, 0.1) is 4.92 Å². The summed E-state index contributed by atoms with van der Waals surface area (Å²) in [4.78, 5) is 10.1. The molecule has 1 fully saturated rings. The largest absolute Gasteiger partial charge is 0.376 e. The number of anilines is 1. The fourth-order valence-corrected chi connectivity index (χ4v) is 4.34. The fraction of sp³-hybridized carbons (Fsp3) is 0.455. The van der Waals surface area contributed by atoms with E-state index in [0.717, 1.165) is 29.4 Å². The average molecular weight is 306 g/mol. The van der Waals surface area contributed by atoms with E-state index < -0.39 is 22.2 Å². The van der Waals surface area contributed by atoms with E-state index in [0.29, 0.717) is 6.54 Å². The molecule has 8 heteroatoms. The lowest BCUT2D eigenvalue weighted by molar-refractivity contribution is -0.384. The van der Waals surface area contributed by atoms with Crippen LogP contribution in [-0.4, -0.2) is 34.0 Å². The average Bonchev–Trinajstić information content (AvgIpc) is 2.41. The molecule has 0 saturated carbocycles. The Hall–Kier alpha value is -1.02. The molecule has 0 bridgehead atoms. The van der Waals surface area contributed by atoms with Crippen LogP contribution in [0.15, 0.2) is 12.1 Å². The summed E-state index contributed by atoms with van der Waals surface area (Å²) in [6.45, 7) is 0.388. The number of nitro groups is 1. The number of hydrogen-bond acceptors (Lipinski definition) is 5. The summed E-state index contributed by atoms with van der Waals surface area (Å²) >= 11 is 3.53. The highest BCUT2D eigenvalue weighted by Crippen LogP contribution is 2.30. The van der Waals surface area contributed by atoms with Crippen molar-refractivity contribution in [3.8, 4) is 0 Å². The number of halogens is 2. The lowest BCUT2D eigenvalue weighted by Gasteiger charge is -2.21. The maximum atomic E-state index is 13.6. The van der Waals surface area contributed by atoms with Crippen LogP contribution in [0.1, 0.15) is 0 Å². The van der Waals surface area contributed by atoms with Crippen LogP contribution in [0.25, 0.3) is 0 Å². The molecule has 1 saturated heterocycles. The first kappa shape index (κ1) is 14.4. The maximum Gasteiger partial charge on any atom is 0.295 e. The molecule has 0 spiro atoms. The van der Waals surface area contributed by atoms with Gasteiger partial charge in [-0.1, -0.05) is 0 Å². The molecule has 1 aromatic carbocycles. The smallest absolute Gasteiger partial charge is 0.295 e. The predicted octanol–water partition coefficient (Wildman–Crippen LogP) is 3.13. The van der Waals surface area contributed by atoms with Crippen molar-refractivity contribution in [2.45, 2.75) is 5.25 Å². The summed E-state index contributed by atoms with van der Waals surface area (Å²) in [6, 6.07) is 1.74. The molecule has 1 N–H and O–H groups in total. The summed E-state index contributed by atoms with van der Waals surface area (Å²) in [6.07, 6.45) is 0. The van der Waals surface area contributed by atoms with Crippen molar-refractivity contribution in [3.05, 3.63) is 33.9 Å². The van der Waals surface area contributed by atoms with E-state index in [1.807, 2.05) is 0 Å². The minimum absolute atomic E-state index is 0.251. The molecule has 0 radical (unpaired) electrons. The van der Waals surface area contributed by atoms with Gasteiger partial charge in [-0.05, 0) is 6.07 Å². The highest BCUT2D eigenvalue weighted by Gasteiger charge is 2.23. The zero-order valence-electron chi connectivity index (χ0n) is 9.90. The van der Waals surface area contributed by atoms with Crippen molar-refractivity contribution in [1.29, 1.82) is 0 Å². The molecule has 104 valence electrons. The van der Waals surface area contributed by atoms with E-state index in [4.69, 9.17) is 0 Å². The molecule has 19 heavy (non-hydrogen) atoms. The van der Waals surface area contributed by atoms with Crippen molar-refractivity contribution < 1.29 is 13.7 Å². The summed E-state index contributed by atoms with van der Waals surface area (Å²) in [5.41, 5.74) is -0.798. The van der Waals surface area contributed by atoms with Gasteiger partial charge in [-0.15, -0.1) is 0 Å². The first-order valence-corrected chi connectivity index (χ1v) is 7.85. The van der Waals surface area contributed by atoms with E-state index in [1.54, 1.807) is 23.5 Å². The van der Waals surface area contributed by atoms with Crippen LogP contribution in [0.5, 0.6) is 0 Å². The molecule has 1 atom stereocenters. The van der Waals surface area contributed by atoms with E-state index in [9.17, 15) is 18.9 Å². The van der Waals surface area contributed by atoms with Crippen molar-refractivity contribution in [2.24, 2.45) is 0 Å². The Balaban J connectivity index is 2.13. The van der Waals surface area contributed by atoms with Gasteiger partial charge < -0.3 is 5.32 Å². The number of benzene rings is 1. The minimum atomic E-state index is -1.19. The maximum absolute atomic E-state index is 13.6. The molecule has 0 aliphatic carbocycles. The molecular weight excluding hydrogens is 294 g/mol. The molecular formula is C11H12F2N2O2S2. The van der Waals surface area contributed by atoms with Gasteiger partial charge in [-0.3, -0.25) is 10.1 Å². The monoisotopic (exact) mass is 306 g/mol. The van der Waals surface area contributed by atoms with Crippen molar-refractivity contribution in [2.75, 3.05) is 29.1 Å². The zero-order valence-corrected chi connectivity index (χ0v) is 11.5. The van der Waals surface area contributed by atoms with Crippen LogP contribution in [0.3, 0.4) is 0 Å². The van der Waals surface area contributed by atoms with E-state index >= 15 is 0 Å². The molecule has 2 rings (SSSR count). The lowest BCUT2D eigenvalue weighted by atomic mass is 10.2. The summed E-state index contributed by atoms with van der Waals surface area (Å²) in [5.74, 6) is 0.712. The topological polar surface area (TPSA) is 55.2 Å². The number of nitrogens with one attached hydrogen (secondary N) is 1. The van der Waals surface area contributed by atoms with Gasteiger partial charge in [0, 0.05) is 35.1 Å². The second kappa shape index (κ2) is 6.42. The quantitative estimate of drug-likeness (QED) is 0.684. The minimum Gasteiger partial charge on any atom is -0.376 e. The third-order valence-corrected chi connectivity index (χ3v) is 5.51. The molecule has 0 aromatic heterocycles. The third kappa shape index (κ3) is 3.50. The lowest BCUT2D eigenvalue weighted by Crippen LogP contribution is -2.24. The molecule has 1 unspecified atom stereocenters. The SMILES string of the molecule is O=[N+]([O-])c1ccc(F)c(F)c1NCC1CSCCS1. The van der Waals surface area contributed by atoms with Crippen LogP contribution in [0, 0.1) is 21.7 Å².